The molecule has 7 nitrogen and oxygen atoms in total. The fourth-order valence-electron chi connectivity index (χ4n) is 3.18. The number of nitrogens with one attached hydrogen (secondary N) is 2. The minimum absolute atomic E-state index is 0.0832. The molecule has 30 heavy (non-hydrogen) atoms. The predicted molar refractivity (Wildman–Crippen MR) is 121 cm³/mol. The second kappa shape index (κ2) is 8.98. The molecule has 4 aromatic rings. The Kier molecular flexibility index (Phi) is 5.97. The SMILES string of the molecule is CNC(=O)c1csc2c(NC[C@H](N)Cc3ccccc3)nc(-c3ccncc3)nc12. The van der Waals surface area contributed by atoms with E-state index in [1.807, 2.05) is 35.7 Å². The van der Waals surface area contributed by atoms with E-state index in [1.165, 1.54) is 16.9 Å². The maximum Gasteiger partial charge on any atom is 0.254 e. The summed E-state index contributed by atoms with van der Waals surface area (Å²) in [4.78, 5) is 25.7. The number of benzene rings is 1. The molecular formula is C22H22N6OS. The maximum absolute atomic E-state index is 12.3. The molecule has 152 valence electrons. The molecule has 0 spiro atoms. The van der Waals surface area contributed by atoms with Gasteiger partial charge in [-0.2, -0.15) is 0 Å². The monoisotopic (exact) mass is 418 g/mol. The van der Waals surface area contributed by atoms with Crippen LogP contribution in [0.4, 0.5) is 5.82 Å². The number of anilines is 1. The van der Waals surface area contributed by atoms with Gasteiger partial charge in [-0.1, -0.05) is 30.3 Å². The van der Waals surface area contributed by atoms with Crippen molar-refractivity contribution in [2.24, 2.45) is 5.73 Å². The fraction of sp³-hybridized carbons (Fsp3) is 0.182. The van der Waals surface area contributed by atoms with Crippen LogP contribution in [-0.2, 0) is 6.42 Å². The summed E-state index contributed by atoms with van der Waals surface area (Å²) >= 11 is 1.44. The van der Waals surface area contributed by atoms with Gasteiger partial charge in [-0.05, 0) is 24.1 Å². The molecular weight excluding hydrogens is 396 g/mol. The van der Waals surface area contributed by atoms with Gasteiger partial charge in [-0.15, -0.1) is 11.3 Å². The Bertz CT molecular complexity index is 1150. The number of rotatable bonds is 7. The van der Waals surface area contributed by atoms with Crippen molar-refractivity contribution in [3.8, 4) is 11.4 Å². The van der Waals surface area contributed by atoms with E-state index in [-0.39, 0.29) is 11.9 Å². The minimum Gasteiger partial charge on any atom is -0.367 e. The number of amides is 1. The van der Waals surface area contributed by atoms with Crippen LogP contribution < -0.4 is 16.4 Å². The van der Waals surface area contributed by atoms with Gasteiger partial charge >= 0.3 is 0 Å². The molecule has 1 amide bonds. The lowest BCUT2D eigenvalue weighted by Crippen LogP contribution is -2.31. The number of aromatic nitrogens is 3. The summed E-state index contributed by atoms with van der Waals surface area (Å²) in [5.41, 5.74) is 9.53. The van der Waals surface area contributed by atoms with Crippen LogP contribution in [0.5, 0.6) is 0 Å². The second-order valence-electron chi connectivity index (χ2n) is 6.87. The maximum atomic E-state index is 12.3. The Morgan fingerprint density at radius 3 is 2.63 bits per heavy atom. The molecule has 3 aromatic heterocycles. The van der Waals surface area contributed by atoms with Crippen molar-refractivity contribution < 1.29 is 4.79 Å². The number of hydrogen-bond donors (Lipinski definition) is 3. The van der Waals surface area contributed by atoms with Gasteiger partial charge in [0.25, 0.3) is 5.91 Å². The van der Waals surface area contributed by atoms with E-state index in [4.69, 9.17) is 10.7 Å². The molecule has 0 radical (unpaired) electrons. The fourth-order valence-corrected chi connectivity index (χ4v) is 4.13. The van der Waals surface area contributed by atoms with Crippen molar-refractivity contribution in [1.29, 1.82) is 0 Å². The van der Waals surface area contributed by atoms with E-state index in [0.29, 0.717) is 29.3 Å². The first-order valence-corrected chi connectivity index (χ1v) is 10.5. The predicted octanol–water partition coefficient (Wildman–Crippen LogP) is 3.09. The van der Waals surface area contributed by atoms with Crippen molar-refractivity contribution in [1.82, 2.24) is 20.3 Å². The molecule has 8 heteroatoms. The summed E-state index contributed by atoms with van der Waals surface area (Å²) in [6.45, 7) is 0.546. The normalized spacial score (nSPS) is 11.9. The van der Waals surface area contributed by atoms with Crippen LogP contribution in [0.1, 0.15) is 15.9 Å². The lowest BCUT2D eigenvalue weighted by atomic mass is 10.1. The van der Waals surface area contributed by atoms with E-state index in [0.717, 1.165) is 16.7 Å². The summed E-state index contributed by atoms with van der Waals surface area (Å²) in [6.07, 6.45) is 4.14. The van der Waals surface area contributed by atoms with Crippen molar-refractivity contribution in [2.75, 3.05) is 18.9 Å². The Labute approximate surface area is 178 Å². The highest BCUT2D eigenvalue weighted by Gasteiger charge is 2.18. The Balaban J connectivity index is 1.65. The van der Waals surface area contributed by atoms with Crippen LogP contribution in [0.25, 0.3) is 21.6 Å². The molecule has 0 bridgehead atoms. The standard InChI is InChI=1S/C22H22N6OS/c1-24-22(29)17-13-30-19-18(17)27-20(15-7-9-25-10-8-15)28-21(19)26-12-16(23)11-14-5-3-2-4-6-14/h2-10,13,16H,11-12,23H2,1H3,(H,24,29)(H,26,27,28)/t16-/m1/s1. The summed E-state index contributed by atoms with van der Waals surface area (Å²) < 4.78 is 0.832. The van der Waals surface area contributed by atoms with Crippen LogP contribution in [0.2, 0.25) is 0 Å². The molecule has 0 saturated carbocycles. The van der Waals surface area contributed by atoms with Gasteiger partial charge in [0.1, 0.15) is 11.3 Å². The molecule has 0 aliphatic heterocycles. The summed E-state index contributed by atoms with van der Waals surface area (Å²) in [5, 5.41) is 7.86. The van der Waals surface area contributed by atoms with Crippen molar-refractivity contribution in [2.45, 2.75) is 12.5 Å². The third-order valence-electron chi connectivity index (χ3n) is 4.70. The lowest BCUT2D eigenvalue weighted by molar-refractivity contribution is 0.0965. The molecule has 0 fully saturated rings. The Morgan fingerprint density at radius 2 is 1.90 bits per heavy atom. The minimum atomic E-state index is -0.174. The molecule has 0 unspecified atom stereocenters. The van der Waals surface area contributed by atoms with E-state index >= 15 is 0 Å². The first kappa shape index (κ1) is 19.9. The number of carbonyl (C=O) groups is 1. The highest BCUT2D eigenvalue weighted by Crippen LogP contribution is 2.32. The average Bonchev–Trinajstić information content (AvgIpc) is 3.22. The Morgan fingerprint density at radius 1 is 1.13 bits per heavy atom. The van der Waals surface area contributed by atoms with Crippen molar-refractivity contribution >= 4 is 33.3 Å². The van der Waals surface area contributed by atoms with Crippen LogP contribution >= 0.6 is 11.3 Å². The number of nitrogens with two attached hydrogens (primary N) is 1. The molecule has 4 N–H and O–H groups in total. The summed E-state index contributed by atoms with van der Waals surface area (Å²) in [5.74, 6) is 1.04. The van der Waals surface area contributed by atoms with E-state index < -0.39 is 0 Å². The molecule has 1 aromatic carbocycles. The third kappa shape index (κ3) is 4.29. The van der Waals surface area contributed by atoms with Gasteiger partial charge in [0.05, 0.1) is 10.3 Å². The zero-order chi connectivity index (χ0) is 20.9. The summed E-state index contributed by atoms with van der Waals surface area (Å²) in [7, 11) is 1.61. The van der Waals surface area contributed by atoms with Crippen LogP contribution in [-0.4, -0.2) is 40.5 Å². The largest absolute Gasteiger partial charge is 0.367 e. The van der Waals surface area contributed by atoms with Crippen LogP contribution in [0.3, 0.4) is 0 Å². The van der Waals surface area contributed by atoms with Gasteiger partial charge in [-0.3, -0.25) is 9.78 Å². The summed E-state index contributed by atoms with van der Waals surface area (Å²) in [6, 6.07) is 13.8. The van der Waals surface area contributed by atoms with Gasteiger partial charge < -0.3 is 16.4 Å². The topological polar surface area (TPSA) is 106 Å². The smallest absolute Gasteiger partial charge is 0.254 e. The third-order valence-corrected chi connectivity index (χ3v) is 5.67. The lowest BCUT2D eigenvalue weighted by Gasteiger charge is -2.14. The van der Waals surface area contributed by atoms with E-state index in [1.54, 1.807) is 19.4 Å². The zero-order valence-electron chi connectivity index (χ0n) is 16.5. The highest BCUT2D eigenvalue weighted by molar-refractivity contribution is 7.18. The number of hydrogen-bond acceptors (Lipinski definition) is 7. The number of thiophene rings is 1. The molecule has 0 aliphatic carbocycles. The number of fused-ring (bicyclic) bond motifs is 1. The van der Waals surface area contributed by atoms with E-state index in [9.17, 15) is 4.79 Å². The van der Waals surface area contributed by atoms with Crippen LogP contribution in [0, 0.1) is 0 Å². The van der Waals surface area contributed by atoms with E-state index in [2.05, 4.69) is 32.7 Å². The van der Waals surface area contributed by atoms with Gasteiger partial charge in [0.15, 0.2) is 5.82 Å². The van der Waals surface area contributed by atoms with Crippen molar-refractivity contribution in [3.63, 3.8) is 0 Å². The number of carbonyl (C=O) groups excluding carboxylic acids is 1. The van der Waals surface area contributed by atoms with Gasteiger partial charge in [0.2, 0.25) is 0 Å². The van der Waals surface area contributed by atoms with Crippen molar-refractivity contribution in [3.05, 3.63) is 71.4 Å². The Hall–Kier alpha value is -3.36. The molecule has 4 rings (SSSR count). The zero-order valence-corrected chi connectivity index (χ0v) is 17.3. The average molecular weight is 419 g/mol. The van der Waals surface area contributed by atoms with Crippen LogP contribution in [0.15, 0.2) is 60.2 Å². The highest BCUT2D eigenvalue weighted by atomic mass is 32.1. The molecule has 3 heterocycles. The van der Waals surface area contributed by atoms with Gasteiger partial charge in [0, 0.05) is 43.0 Å². The quantitative estimate of drug-likeness (QED) is 0.426. The second-order valence-corrected chi connectivity index (χ2v) is 7.75. The number of pyridine rings is 1. The first-order valence-electron chi connectivity index (χ1n) is 9.61. The first-order chi connectivity index (χ1) is 14.7. The molecule has 1 atom stereocenters. The molecule has 0 aliphatic rings. The number of nitrogens with zero attached hydrogens (tertiary/aromatic N) is 3. The molecule has 0 saturated heterocycles. The van der Waals surface area contributed by atoms with Gasteiger partial charge in [-0.25, -0.2) is 9.97 Å².